The lowest BCUT2D eigenvalue weighted by molar-refractivity contribution is -0.137. The number of carbonyl (C=O) groups is 1. The first-order valence-electron chi connectivity index (χ1n) is 5.08. The van der Waals surface area contributed by atoms with Gasteiger partial charge in [0.15, 0.2) is 5.16 Å². The van der Waals surface area contributed by atoms with Crippen LogP contribution < -0.4 is 16.8 Å². The predicted octanol–water partition coefficient (Wildman–Crippen LogP) is 0.800. The number of thioether (sulfide) groups is 1. The van der Waals surface area contributed by atoms with Crippen molar-refractivity contribution in [3.05, 3.63) is 6.07 Å². The van der Waals surface area contributed by atoms with Gasteiger partial charge >= 0.3 is 6.18 Å². The van der Waals surface area contributed by atoms with E-state index < -0.39 is 23.9 Å². The maximum atomic E-state index is 11.9. The molecule has 1 unspecified atom stereocenters. The molecule has 1 heterocycles. The van der Waals surface area contributed by atoms with Crippen molar-refractivity contribution < 1.29 is 18.0 Å². The van der Waals surface area contributed by atoms with Crippen molar-refractivity contribution in [3.63, 3.8) is 0 Å². The highest BCUT2D eigenvalue weighted by Crippen LogP contribution is 2.22. The van der Waals surface area contributed by atoms with Crippen LogP contribution in [0.3, 0.4) is 0 Å². The number of hydrogen-bond donors (Lipinski definition) is 3. The third kappa shape index (κ3) is 5.64. The molecular weight excluding hydrogens is 283 g/mol. The van der Waals surface area contributed by atoms with Gasteiger partial charge in [-0.05, 0) is 6.92 Å². The Balaban J connectivity index is 2.58. The lowest BCUT2D eigenvalue weighted by atomic mass is 10.4. The number of hydrogen-bond acceptors (Lipinski definition) is 6. The third-order valence-electron chi connectivity index (χ3n) is 1.86. The van der Waals surface area contributed by atoms with Crippen LogP contribution >= 0.6 is 11.8 Å². The number of anilines is 2. The normalized spacial score (nSPS) is 13.1. The van der Waals surface area contributed by atoms with Crippen molar-refractivity contribution in [3.8, 4) is 0 Å². The molecule has 0 aromatic carbocycles. The maximum absolute atomic E-state index is 11.9. The summed E-state index contributed by atoms with van der Waals surface area (Å²) in [4.78, 5) is 19.0. The highest BCUT2D eigenvalue weighted by molar-refractivity contribution is 8.00. The SMILES string of the molecule is CC(Sc1nc(N)cc(N)n1)C(=O)NCC(F)(F)F. The van der Waals surface area contributed by atoms with E-state index in [1.165, 1.54) is 13.0 Å². The number of nitrogens with one attached hydrogen (secondary N) is 1. The fourth-order valence-corrected chi connectivity index (χ4v) is 1.88. The maximum Gasteiger partial charge on any atom is 0.405 e. The number of nitrogens with two attached hydrogens (primary N) is 2. The van der Waals surface area contributed by atoms with Crippen LogP contribution in [-0.4, -0.2) is 33.8 Å². The van der Waals surface area contributed by atoms with E-state index in [9.17, 15) is 18.0 Å². The molecule has 0 aliphatic carbocycles. The first-order chi connectivity index (χ1) is 8.67. The average Bonchev–Trinajstić information content (AvgIpc) is 2.23. The number of nitrogens with zero attached hydrogens (tertiary/aromatic N) is 2. The van der Waals surface area contributed by atoms with E-state index in [0.717, 1.165) is 11.8 Å². The van der Waals surface area contributed by atoms with Gasteiger partial charge in [-0.3, -0.25) is 4.79 Å². The van der Waals surface area contributed by atoms with Crippen LogP contribution in [0, 0.1) is 0 Å². The van der Waals surface area contributed by atoms with Gasteiger partial charge in [0.05, 0.1) is 5.25 Å². The molecule has 10 heteroatoms. The van der Waals surface area contributed by atoms with E-state index in [-0.39, 0.29) is 16.8 Å². The lowest BCUT2D eigenvalue weighted by Gasteiger charge is -2.12. The molecule has 1 atom stereocenters. The number of halogens is 3. The van der Waals surface area contributed by atoms with E-state index in [4.69, 9.17) is 11.5 Å². The molecule has 5 N–H and O–H groups in total. The summed E-state index contributed by atoms with van der Waals surface area (Å²) in [5, 5.41) is 1.10. The molecule has 106 valence electrons. The Hall–Kier alpha value is -1.71. The predicted molar refractivity (Wildman–Crippen MR) is 65.2 cm³/mol. The summed E-state index contributed by atoms with van der Waals surface area (Å²) < 4.78 is 35.8. The summed E-state index contributed by atoms with van der Waals surface area (Å²) >= 11 is 0.869. The standard InChI is InChI=1S/C9H12F3N5OS/c1-4(7(18)15-3-9(10,11)12)19-8-16-5(13)2-6(14)17-8/h2,4H,3H2,1H3,(H,15,18)(H4,13,14,16,17). The van der Waals surface area contributed by atoms with Crippen molar-refractivity contribution in [1.29, 1.82) is 0 Å². The average molecular weight is 295 g/mol. The Bertz CT molecular complexity index is 447. The molecule has 19 heavy (non-hydrogen) atoms. The van der Waals surface area contributed by atoms with Gasteiger partial charge in [0.25, 0.3) is 0 Å². The minimum atomic E-state index is -4.45. The van der Waals surface area contributed by atoms with E-state index >= 15 is 0 Å². The van der Waals surface area contributed by atoms with Gasteiger partial charge in [0.1, 0.15) is 18.2 Å². The molecule has 0 aliphatic heterocycles. The number of alkyl halides is 3. The Kier molecular flexibility index (Phi) is 4.81. The van der Waals surface area contributed by atoms with Crippen molar-refractivity contribution in [2.75, 3.05) is 18.0 Å². The van der Waals surface area contributed by atoms with Crippen LogP contribution in [0.5, 0.6) is 0 Å². The second kappa shape index (κ2) is 5.95. The molecule has 1 aromatic rings. The monoisotopic (exact) mass is 295 g/mol. The second-order valence-electron chi connectivity index (χ2n) is 3.59. The Morgan fingerprint density at radius 1 is 1.42 bits per heavy atom. The van der Waals surface area contributed by atoms with Gasteiger partial charge in [0.2, 0.25) is 5.91 Å². The molecule has 0 spiro atoms. The summed E-state index contributed by atoms with van der Waals surface area (Å²) in [6.07, 6.45) is -4.45. The molecule has 0 saturated carbocycles. The molecule has 0 fully saturated rings. The summed E-state index contributed by atoms with van der Waals surface area (Å²) in [5.41, 5.74) is 10.9. The topological polar surface area (TPSA) is 107 Å². The quantitative estimate of drug-likeness (QED) is 0.560. The van der Waals surface area contributed by atoms with Crippen LogP contribution in [0.2, 0.25) is 0 Å². The summed E-state index contributed by atoms with van der Waals surface area (Å²) in [6, 6.07) is 1.33. The van der Waals surface area contributed by atoms with Crippen LogP contribution in [-0.2, 0) is 4.79 Å². The number of amides is 1. The van der Waals surface area contributed by atoms with Gasteiger partial charge in [0, 0.05) is 6.07 Å². The van der Waals surface area contributed by atoms with Crippen LogP contribution in [0.4, 0.5) is 24.8 Å². The van der Waals surface area contributed by atoms with Gasteiger partial charge in [-0.25, -0.2) is 9.97 Å². The molecule has 0 radical (unpaired) electrons. The zero-order valence-corrected chi connectivity index (χ0v) is 10.7. The Morgan fingerprint density at radius 2 is 1.95 bits per heavy atom. The Labute approximate surface area is 111 Å². The zero-order chi connectivity index (χ0) is 14.6. The number of nitrogen functional groups attached to an aromatic ring is 2. The number of aromatic nitrogens is 2. The minimum absolute atomic E-state index is 0.123. The molecule has 1 rings (SSSR count). The van der Waals surface area contributed by atoms with Gasteiger partial charge in [-0.15, -0.1) is 0 Å². The molecule has 0 bridgehead atoms. The number of rotatable bonds is 4. The first-order valence-corrected chi connectivity index (χ1v) is 5.96. The zero-order valence-electron chi connectivity index (χ0n) is 9.86. The minimum Gasteiger partial charge on any atom is -0.383 e. The smallest absolute Gasteiger partial charge is 0.383 e. The fraction of sp³-hybridized carbons (Fsp3) is 0.444. The van der Waals surface area contributed by atoms with Crippen molar-refractivity contribution in [2.24, 2.45) is 0 Å². The third-order valence-corrected chi connectivity index (χ3v) is 2.82. The molecular formula is C9H12F3N5OS. The van der Waals surface area contributed by atoms with Crippen LogP contribution in [0.25, 0.3) is 0 Å². The molecule has 6 nitrogen and oxygen atoms in total. The summed E-state index contributed by atoms with van der Waals surface area (Å²) in [5.74, 6) is -0.525. The van der Waals surface area contributed by atoms with E-state index in [1.54, 1.807) is 5.32 Å². The molecule has 1 aromatic heterocycles. The summed E-state index contributed by atoms with van der Waals surface area (Å²) in [7, 11) is 0. The lowest BCUT2D eigenvalue weighted by Crippen LogP contribution is -2.38. The fourth-order valence-electron chi connectivity index (χ4n) is 1.06. The van der Waals surface area contributed by atoms with Gasteiger partial charge < -0.3 is 16.8 Å². The van der Waals surface area contributed by atoms with Crippen molar-refractivity contribution in [2.45, 2.75) is 23.5 Å². The van der Waals surface area contributed by atoms with Crippen molar-refractivity contribution >= 4 is 29.3 Å². The van der Waals surface area contributed by atoms with Gasteiger partial charge in [-0.1, -0.05) is 11.8 Å². The molecule has 0 saturated heterocycles. The van der Waals surface area contributed by atoms with E-state index in [2.05, 4.69) is 9.97 Å². The summed E-state index contributed by atoms with van der Waals surface area (Å²) in [6.45, 7) is 0.0514. The molecule has 1 amide bonds. The molecule has 0 aliphatic rings. The first kappa shape index (κ1) is 15.3. The van der Waals surface area contributed by atoms with E-state index in [1.807, 2.05) is 0 Å². The number of carbonyl (C=O) groups excluding carboxylic acids is 1. The van der Waals surface area contributed by atoms with Gasteiger partial charge in [-0.2, -0.15) is 13.2 Å². The van der Waals surface area contributed by atoms with Crippen LogP contribution in [0.15, 0.2) is 11.2 Å². The largest absolute Gasteiger partial charge is 0.405 e. The van der Waals surface area contributed by atoms with Crippen molar-refractivity contribution in [1.82, 2.24) is 15.3 Å². The van der Waals surface area contributed by atoms with Crippen LogP contribution in [0.1, 0.15) is 6.92 Å². The Morgan fingerprint density at radius 3 is 2.42 bits per heavy atom. The highest BCUT2D eigenvalue weighted by Gasteiger charge is 2.29. The van der Waals surface area contributed by atoms with E-state index in [0.29, 0.717) is 0 Å². The highest BCUT2D eigenvalue weighted by atomic mass is 32.2. The second-order valence-corrected chi connectivity index (χ2v) is 4.90.